The van der Waals surface area contributed by atoms with Crippen LogP contribution in [0.5, 0.6) is 5.88 Å². The number of nitrogen functional groups attached to an aromatic ring is 1. The maximum atomic E-state index is 12.1. The maximum absolute atomic E-state index is 12.1. The zero-order chi connectivity index (χ0) is 28.5. The number of carbonyl (C=O) groups excluding carboxylic acids is 1. The minimum absolute atomic E-state index is 0.0869. The lowest BCUT2D eigenvalue weighted by Gasteiger charge is -2.19. The topological polar surface area (TPSA) is 192 Å². The summed E-state index contributed by atoms with van der Waals surface area (Å²) in [6.45, 7) is 1.15. The molecule has 40 heavy (non-hydrogen) atoms. The normalized spacial score (nSPS) is 11.1. The number of nitrogens with one attached hydrogen (secondary N) is 2. The minimum Gasteiger partial charge on any atom is -0.477 e. The number of rotatable bonds is 11. The lowest BCUT2D eigenvalue weighted by molar-refractivity contribution is -0.132. The Morgan fingerprint density at radius 2 is 1.88 bits per heavy atom. The van der Waals surface area contributed by atoms with E-state index in [1.165, 1.54) is 12.4 Å². The van der Waals surface area contributed by atoms with Gasteiger partial charge >= 0.3 is 12.1 Å². The second kappa shape index (κ2) is 12.7. The largest absolute Gasteiger partial charge is 0.477 e. The average Bonchev–Trinajstić information content (AvgIpc) is 3.42. The zero-order valence-corrected chi connectivity index (χ0v) is 21.5. The molecule has 13 nitrogen and oxygen atoms in total. The highest BCUT2D eigenvalue weighted by Gasteiger charge is 2.11. The van der Waals surface area contributed by atoms with Crippen molar-refractivity contribution in [3.05, 3.63) is 77.1 Å². The second-order valence-electron chi connectivity index (χ2n) is 8.57. The SMILES string of the molecule is CN(CCOC(=O)NCc1ccc(COc2nc(N)nc3[nH]cnc23)cc1)c1ccc(/C=C(\C#N)C(=O)O)cc1. The van der Waals surface area contributed by atoms with Crippen molar-refractivity contribution in [3.8, 4) is 11.9 Å². The van der Waals surface area contributed by atoms with E-state index in [0.29, 0.717) is 35.7 Å². The first-order valence-electron chi connectivity index (χ1n) is 12.1. The van der Waals surface area contributed by atoms with E-state index in [1.807, 2.05) is 36.2 Å². The highest BCUT2D eigenvalue weighted by atomic mass is 16.5. The fourth-order valence-electron chi connectivity index (χ4n) is 3.59. The molecule has 0 aliphatic heterocycles. The van der Waals surface area contributed by atoms with Gasteiger partial charge < -0.3 is 35.5 Å². The van der Waals surface area contributed by atoms with Crippen molar-refractivity contribution in [2.45, 2.75) is 13.2 Å². The number of H-pyrrole nitrogens is 1. The summed E-state index contributed by atoms with van der Waals surface area (Å²) in [5.41, 5.74) is 9.59. The third kappa shape index (κ3) is 7.23. The summed E-state index contributed by atoms with van der Waals surface area (Å²) in [6, 6.07) is 16.2. The monoisotopic (exact) mass is 542 g/mol. The molecule has 0 aliphatic carbocycles. The number of carboxylic acids is 1. The molecule has 0 saturated carbocycles. The number of carbonyl (C=O) groups is 2. The van der Waals surface area contributed by atoms with Crippen LogP contribution in [0.4, 0.5) is 16.4 Å². The van der Waals surface area contributed by atoms with Crippen molar-refractivity contribution in [2.75, 3.05) is 30.8 Å². The van der Waals surface area contributed by atoms with E-state index in [1.54, 1.807) is 30.3 Å². The van der Waals surface area contributed by atoms with Gasteiger partial charge in [0.2, 0.25) is 11.8 Å². The van der Waals surface area contributed by atoms with Crippen LogP contribution in [-0.2, 0) is 22.7 Å². The van der Waals surface area contributed by atoms with Crippen molar-refractivity contribution in [2.24, 2.45) is 0 Å². The third-order valence-corrected chi connectivity index (χ3v) is 5.76. The van der Waals surface area contributed by atoms with E-state index < -0.39 is 12.1 Å². The molecular weight excluding hydrogens is 516 g/mol. The highest BCUT2D eigenvalue weighted by molar-refractivity contribution is 5.96. The van der Waals surface area contributed by atoms with Gasteiger partial charge in [0.05, 0.1) is 12.9 Å². The fraction of sp³-hybridized carbons (Fsp3) is 0.185. The molecule has 0 radical (unpaired) electrons. The number of likely N-dealkylation sites (N-methyl/N-ethyl adjacent to an activating group) is 1. The standard InChI is InChI=1S/C27H26N8O5/c1-35(21-8-6-17(7-9-21)12-20(13-28)25(36)37)10-11-39-27(38)30-14-18-2-4-19(5-3-18)15-40-24-22-23(32-16-31-22)33-26(29)34-24/h2-9,12,16H,10-11,14-15H2,1H3,(H,30,38)(H,36,37)(H3,29,31,32,33,34)/b20-12+. The predicted molar refractivity (Wildman–Crippen MR) is 146 cm³/mol. The number of hydrogen-bond donors (Lipinski definition) is 4. The first kappa shape index (κ1) is 27.4. The van der Waals surface area contributed by atoms with Gasteiger partial charge in [-0.25, -0.2) is 14.6 Å². The zero-order valence-electron chi connectivity index (χ0n) is 21.5. The third-order valence-electron chi connectivity index (χ3n) is 5.76. The van der Waals surface area contributed by atoms with Crippen LogP contribution < -0.4 is 20.7 Å². The number of carboxylic acid groups (broad SMARTS) is 1. The molecule has 0 unspecified atom stereocenters. The van der Waals surface area contributed by atoms with Crippen LogP contribution in [0.25, 0.3) is 17.2 Å². The van der Waals surface area contributed by atoms with E-state index in [4.69, 9.17) is 25.6 Å². The number of fused-ring (bicyclic) bond motifs is 1. The Morgan fingerprint density at radius 3 is 2.58 bits per heavy atom. The van der Waals surface area contributed by atoms with Gasteiger partial charge in [0.25, 0.3) is 0 Å². The van der Waals surface area contributed by atoms with Gasteiger partial charge in [0.15, 0.2) is 11.2 Å². The molecule has 13 heteroatoms. The Kier molecular flexibility index (Phi) is 8.73. The van der Waals surface area contributed by atoms with E-state index >= 15 is 0 Å². The molecule has 2 aromatic carbocycles. The van der Waals surface area contributed by atoms with Crippen molar-refractivity contribution < 1.29 is 24.2 Å². The number of hydrogen-bond acceptors (Lipinski definition) is 10. The molecule has 0 saturated heterocycles. The number of imidazole rings is 1. The molecule has 1 amide bonds. The van der Waals surface area contributed by atoms with E-state index in [9.17, 15) is 9.59 Å². The van der Waals surface area contributed by atoms with Crippen LogP contribution >= 0.6 is 0 Å². The number of nitriles is 1. The summed E-state index contributed by atoms with van der Waals surface area (Å²) in [4.78, 5) is 40.1. The quantitative estimate of drug-likeness (QED) is 0.161. The van der Waals surface area contributed by atoms with E-state index in [2.05, 4.69) is 25.3 Å². The summed E-state index contributed by atoms with van der Waals surface area (Å²) in [5, 5.41) is 20.5. The van der Waals surface area contributed by atoms with Crippen LogP contribution in [0, 0.1) is 11.3 Å². The van der Waals surface area contributed by atoms with Gasteiger partial charge in [-0.2, -0.15) is 15.2 Å². The van der Waals surface area contributed by atoms with Crippen molar-refractivity contribution in [3.63, 3.8) is 0 Å². The van der Waals surface area contributed by atoms with Gasteiger partial charge in [0, 0.05) is 19.3 Å². The van der Waals surface area contributed by atoms with E-state index in [-0.39, 0.29) is 24.7 Å². The number of anilines is 2. The summed E-state index contributed by atoms with van der Waals surface area (Å²) in [7, 11) is 1.84. The Balaban J connectivity index is 1.18. The Labute approximate surface area is 228 Å². The van der Waals surface area contributed by atoms with Gasteiger partial charge in [-0.3, -0.25) is 0 Å². The number of aromatic amines is 1. The number of aliphatic carboxylic acids is 1. The average molecular weight is 543 g/mol. The number of amides is 1. The Hall–Kier alpha value is -5.64. The smallest absolute Gasteiger partial charge is 0.407 e. The lowest BCUT2D eigenvalue weighted by atomic mass is 10.1. The molecule has 0 aliphatic rings. The Morgan fingerprint density at radius 1 is 1.15 bits per heavy atom. The maximum Gasteiger partial charge on any atom is 0.407 e. The van der Waals surface area contributed by atoms with Gasteiger partial charge in [-0.15, -0.1) is 0 Å². The molecule has 0 bridgehead atoms. The second-order valence-corrected chi connectivity index (χ2v) is 8.57. The van der Waals surface area contributed by atoms with Gasteiger partial charge in [-0.05, 0) is 34.9 Å². The first-order valence-corrected chi connectivity index (χ1v) is 12.1. The number of alkyl carbamates (subject to hydrolysis) is 1. The van der Waals surface area contributed by atoms with Crippen molar-refractivity contribution in [1.82, 2.24) is 25.3 Å². The van der Waals surface area contributed by atoms with Crippen LogP contribution in [0.3, 0.4) is 0 Å². The molecule has 0 spiro atoms. The van der Waals surface area contributed by atoms with Gasteiger partial charge in [-0.1, -0.05) is 36.4 Å². The number of nitrogens with two attached hydrogens (primary N) is 1. The molecular formula is C27H26N8O5. The summed E-state index contributed by atoms with van der Waals surface area (Å²) < 4.78 is 11.0. The summed E-state index contributed by atoms with van der Waals surface area (Å²) in [6.07, 6.45) is 2.26. The van der Waals surface area contributed by atoms with E-state index in [0.717, 1.165) is 16.8 Å². The first-order chi connectivity index (χ1) is 19.3. The van der Waals surface area contributed by atoms with Crippen LogP contribution in [0.1, 0.15) is 16.7 Å². The molecule has 2 heterocycles. The lowest BCUT2D eigenvalue weighted by Crippen LogP contribution is -2.28. The molecule has 204 valence electrons. The predicted octanol–water partition coefficient (Wildman–Crippen LogP) is 2.87. The van der Waals surface area contributed by atoms with Gasteiger partial charge in [0.1, 0.15) is 24.9 Å². The number of ether oxygens (including phenoxy) is 2. The summed E-state index contributed by atoms with van der Waals surface area (Å²) in [5.74, 6) is -0.894. The van der Waals surface area contributed by atoms with Crippen molar-refractivity contribution >= 4 is 40.9 Å². The van der Waals surface area contributed by atoms with Crippen molar-refractivity contribution in [1.29, 1.82) is 5.26 Å². The van der Waals surface area contributed by atoms with Crippen LogP contribution in [0.2, 0.25) is 0 Å². The molecule has 5 N–H and O–H groups in total. The van der Waals surface area contributed by atoms with Crippen LogP contribution in [-0.4, -0.2) is 57.3 Å². The number of nitrogens with zero attached hydrogens (tertiary/aromatic N) is 5. The molecule has 2 aromatic heterocycles. The number of benzene rings is 2. The summed E-state index contributed by atoms with van der Waals surface area (Å²) >= 11 is 0. The minimum atomic E-state index is -1.27. The molecule has 4 aromatic rings. The fourth-order valence-corrected chi connectivity index (χ4v) is 3.59. The Bertz CT molecular complexity index is 1560. The molecule has 4 rings (SSSR count). The molecule has 0 atom stereocenters. The highest BCUT2D eigenvalue weighted by Crippen LogP contribution is 2.21. The van der Waals surface area contributed by atoms with Crippen LogP contribution in [0.15, 0.2) is 60.4 Å². The number of aromatic nitrogens is 4. The molecule has 0 fully saturated rings.